The standard InChI is InChI=1S/C24H30N8O5S/c1-6-30-18-9-7-8-10-19(18)31(38(30,35)36)23-11-12-25-24(27-23)26-17-15-21(32(33)34)20(16-22(17)37-5)29(4)14-13-28(2)3/h7-12,15-16H,6,13-14H2,1-5H3,(H,25,26,27). The van der Waals surface area contributed by atoms with E-state index < -0.39 is 15.1 Å². The van der Waals surface area contributed by atoms with Crippen LogP contribution in [0.5, 0.6) is 5.75 Å². The predicted molar refractivity (Wildman–Crippen MR) is 147 cm³/mol. The largest absolute Gasteiger partial charge is 0.494 e. The second kappa shape index (κ2) is 10.7. The molecule has 2 heterocycles. The molecule has 202 valence electrons. The molecule has 0 saturated carbocycles. The number of nitro benzene ring substituents is 1. The first-order chi connectivity index (χ1) is 18.1. The van der Waals surface area contributed by atoms with Crippen LogP contribution in [0.3, 0.4) is 0 Å². The summed E-state index contributed by atoms with van der Waals surface area (Å²) in [6.45, 7) is 3.28. The lowest BCUT2D eigenvalue weighted by atomic mass is 10.2. The van der Waals surface area contributed by atoms with Gasteiger partial charge in [0.1, 0.15) is 11.4 Å². The number of nitrogens with one attached hydrogen (secondary N) is 1. The van der Waals surface area contributed by atoms with Gasteiger partial charge in [0.2, 0.25) is 5.95 Å². The van der Waals surface area contributed by atoms with Gasteiger partial charge in [0.25, 0.3) is 5.69 Å². The van der Waals surface area contributed by atoms with E-state index in [1.807, 2.05) is 19.0 Å². The van der Waals surface area contributed by atoms with E-state index >= 15 is 0 Å². The van der Waals surface area contributed by atoms with Crippen molar-refractivity contribution in [3.05, 3.63) is 58.8 Å². The molecule has 13 nitrogen and oxygen atoms in total. The lowest BCUT2D eigenvalue weighted by molar-refractivity contribution is -0.384. The van der Waals surface area contributed by atoms with Crippen molar-refractivity contribution in [3.63, 3.8) is 0 Å². The van der Waals surface area contributed by atoms with Gasteiger partial charge in [-0.15, -0.1) is 0 Å². The SMILES string of the molecule is CCN1c2ccccc2N(c2ccnc(Nc3cc([N+](=O)[O-])c(N(C)CCN(C)C)cc3OC)n2)S1(=O)=O. The first-order valence-electron chi connectivity index (χ1n) is 11.8. The van der Waals surface area contributed by atoms with E-state index in [0.29, 0.717) is 35.9 Å². The third kappa shape index (κ3) is 4.99. The zero-order chi connectivity index (χ0) is 27.6. The number of benzene rings is 2. The van der Waals surface area contributed by atoms with Crippen LogP contribution in [0.4, 0.5) is 40.2 Å². The quantitative estimate of drug-likeness (QED) is 0.300. The average molecular weight is 543 g/mol. The van der Waals surface area contributed by atoms with Crippen LogP contribution in [-0.2, 0) is 10.2 Å². The van der Waals surface area contributed by atoms with E-state index in [1.54, 1.807) is 49.2 Å². The monoisotopic (exact) mass is 542 g/mol. The molecular formula is C24H30N8O5S. The van der Waals surface area contributed by atoms with Gasteiger partial charge in [-0.25, -0.2) is 9.29 Å². The summed E-state index contributed by atoms with van der Waals surface area (Å²) in [4.78, 5) is 23.9. The summed E-state index contributed by atoms with van der Waals surface area (Å²) in [5.74, 6) is 0.512. The fourth-order valence-corrected chi connectivity index (χ4v) is 5.83. The van der Waals surface area contributed by atoms with Crippen molar-refractivity contribution >= 4 is 50.4 Å². The van der Waals surface area contributed by atoms with Crippen LogP contribution < -0.4 is 23.6 Å². The van der Waals surface area contributed by atoms with Gasteiger partial charge >= 0.3 is 10.2 Å². The van der Waals surface area contributed by atoms with E-state index in [0.717, 1.165) is 4.31 Å². The number of anilines is 6. The Morgan fingerprint density at radius 1 is 1.11 bits per heavy atom. The van der Waals surface area contributed by atoms with E-state index in [2.05, 4.69) is 15.3 Å². The molecule has 0 amide bonds. The Hall–Kier alpha value is -4.17. The molecule has 2 aromatic carbocycles. The average Bonchev–Trinajstić information content (AvgIpc) is 3.12. The highest BCUT2D eigenvalue weighted by atomic mass is 32.2. The maximum absolute atomic E-state index is 13.3. The van der Waals surface area contributed by atoms with Crippen molar-refractivity contribution in [2.45, 2.75) is 6.92 Å². The Morgan fingerprint density at radius 2 is 1.82 bits per heavy atom. The molecule has 0 spiro atoms. The maximum atomic E-state index is 13.3. The number of rotatable bonds is 10. The molecule has 0 bridgehead atoms. The van der Waals surface area contributed by atoms with Gasteiger partial charge in [-0.2, -0.15) is 13.4 Å². The van der Waals surface area contributed by atoms with Crippen LogP contribution in [0.1, 0.15) is 6.92 Å². The Morgan fingerprint density at radius 3 is 2.45 bits per heavy atom. The van der Waals surface area contributed by atoms with Crippen LogP contribution in [0.2, 0.25) is 0 Å². The minimum atomic E-state index is -3.91. The van der Waals surface area contributed by atoms with Crippen molar-refractivity contribution in [2.24, 2.45) is 0 Å². The fraction of sp³-hybridized carbons (Fsp3) is 0.333. The fourth-order valence-electron chi connectivity index (χ4n) is 4.16. The van der Waals surface area contributed by atoms with Gasteiger partial charge in [0.15, 0.2) is 5.82 Å². The summed E-state index contributed by atoms with van der Waals surface area (Å²) in [6, 6.07) is 11.4. The van der Waals surface area contributed by atoms with E-state index in [1.165, 1.54) is 29.7 Å². The second-order valence-corrected chi connectivity index (χ2v) is 10.5. The number of hydrogen-bond acceptors (Lipinski definition) is 10. The Labute approximate surface area is 221 Å². The van der Waals surface area contributed by atoms with Crippen molar-refractivity contribution in [1.29, 1.82) is 0 Å². The molecule has 1 aliphatic rings. The van der Waals surface area contributed by atoms with Crippen molar-refractivity contribution in [2.75, 3.05) is 66.7 Å². The number of methoxy groups -OCH3 is 1. The minimum Gasteiger partial charge on any atom is -0.494 e. The molecule has 0 radical (unpaired) electrons. The van der Waals surface area contributed by atoms with Crippen molar-refractivity contribution in [3.8, 4) is 5.75 Å². The lowest BCUT2D eigenvalue weighted by Crippen LogP contribution is -2.35. The lowest BCUT2D eigenvalue weighted by Gasteiger charge is -2.23. The van der Waals surface area contributed by atoms with Gasteiger partial charge in [0, 0.05) is 51.1 Å². The molecule has 3 aromatic rings. The van der Waals surface area contributed by atoms with Crippen molar-refractivity contribution < 1.29 is 18.1 Å². The number of para-hydroxylation sites is 2. The molecule has 38 heavy (non-hydrogen) atoms. The maximum Gasteiger partial charge on any atom is 0.332 e. The molecule has 0 fully saturated rings. The van der Waals surface area contributed by atoms with Gasteiger partial charge in [0.05, 0.1) is 29.1 Å². The normalized spacial score (nSPS) is 13.9. The molecule has 1 aliphatic heterocycles. The summed E-state index contributed by atoms with van der Waals surface area (Å²) < 4.78 is 34.6. The van der Waals surface area contributed by atoms with Crippen LogP contribution in [0.15, 0.2) is 48.7 Å². The summed E-state index contributed by atoms with van der Waals surface area (Å²) in [7, 11) is 3.18. The third-order valence-corrected chi connectivity index (χ3v) is 7.91. The smallest absolute Gasteiger partial charge is 0.332 e. The highest BCUT2D eigenvalue weighted by Gasteiger charge is 2.41. The van der Waals surface area contributed by atoms with Crippen LogP contribution in [0, 0.1) is 10.1 Å². The van der Waals surface area contributed by atoms with E-state index in [9.17, 15) is 18.5 Å². The van der Waals surface area contributed by atoms with E-state index in [-0.39, 0.29) is 29.7 Å². The molecule has 14 heteroatoms. The summed E-state index contributed by atoms with van der Waals surface area (Å²) in [5, 5.41) is 14.9. The van der Waals surface area contributed by atoms with Crippen LogP contribution in [0.25, 0.3) is 0 Å². The van der Waals surface area contributed by atoms with Gasteiger partial charge < -0.3 is 19.9 Å². The number of nitro groups is 1. The summed E-state index contributed by atoms with van der Waals surface area (Å²) in [6.07, 6.45) is 1.42. The molecule has 0 unspecified atom stereocenters. The number of hydrogen-bond donors (Lipinski definition) is 1. The Kier molecular flexibility index (Phi) is 7.55. The topological polar surface area (TPSA) is 137 Å². The summed E-state index contributed by atoms with van der Waals surface area (Å²) in [5.41, 5.74) is 1.56. The number of nitrogens with zero attached hydrogens (tertiary/aromatic N) is 7. The third-order valence-electron chi connectivity index (χ3n) is 6.05. The zero-order valence-electron chi connectivity index (χ0n) is 21.8. The molecule has 0 atom stereocenters. The highest BCUT2D eigenvalue weighted by molar-refractivity contribution is 7.95. The van der Waals surface area contributed by atoms with Crippen molar-refractivity contribution in [1.82, 2.24) is 14.9 Å². The molecular weight excluding hydrogens is 512 g/mol. The Bertz CT molecular complexity index is 1450. The molecule has 0 saturated heterocycles. The summed E-state index contributed by atoms with van der Waals surface area (Å²) >= 11 is 0. The number of likely N-dealkylation sites (N-methyl/N-ethyl adjacent to an activating group) is 2. The van der Waals surface area contributed by atoms with Crippen LogP contribution >= 0.6 is 0 Å². The number of aromatic nitrogens is 2. The predicted octanol–water partition coefficient (Wildman–Crippen LogP) is 3.36. The van der Waals surface area contributed by atoms with Crippen LogP contribution in [-0.4, -0.2) is 76.1 Å². The number of fused-ring (bicyclic) bond motifs is 1. The molecule has 4 rings (SSSR count). The zero-order valence-corrected chi connectivity index (χ0v) is 22.6. The first kappa shape index (κ1) is 26.9. The highest BCUT2D eigenvalue weighted by Crippen LogP contribution is 2.44. The van der Waals surface area contributed by atoms with Gasteiger partial charge in [-0.3, -0.25) is 14.4 Å². The molecule has 0 aliphatic carbocycles. The minimum absolute atomic E-state index is 0.0476. The molecule has 1 aromatic heterocycles. The Balaban J connectivity index is 1.71. The van der Waals surface area contributed by atoms with Gasteiger partial charge in [-0.1, -0.05) is 12.1 Å². The first-order valence-corrected chi connectivity index (χ1v) is 13.2. The molecule has 1 N–H and O–H groups in total. The van der Waals surface area contributed by atoms with Gasteiger partial charge in [-0.05, 0) is 33.2 Å². The second-order valence-electron chi connectivity index (χ2n) is 8.81. The number of ether oxygens (including phenoxy) is 1. The van der Waals surface area contributed by atoms with E-state index in [4.69, 9.17) is 4.74 Å².